The van der Waals surface area contributed by atoms with Gasteiger partial charge in [-0.3, -0.25) is 5.10 Å². The van der Waals surface area contributed by atoms with Crippen molar-refractivity contribution < 1.29 is 13.2 Å². The molecule has 2 aromatic rings. The van der Waals surface area contributed by atoms with Crippen LogP contribution in [0.4, 0.5) is 0 Å². The molecule has 2 heterocycles. The van der Waals surface area contributed by atoms with Gasteiger partial charge in [-0.25, -0.2) is 8.42 Å². The van der Waals surface area contributed by atoms with E-state index in [4.69, 9.17) is 17.0 Å². The Morgan fingerprint density at radius 1 is 1.36 bits per heavy atom. The van der Waals surface area contributed by atoms with Crippen molar-refractivity contribution in [1.82, 2.24) is 19.1 Å². The summed E-state index contributed by atoms with van der Waals surface area (Å²) in [6.45, 7) is 2.06. The first-order valence-corrected chi connectivity index (χ1v) is 10.1. The van der Waals surface area contributed by atoms with Crippen LogP contribution in [0.5, 0.6) is 0 Å². The second kappa shape index (κ2) is 7.77. The van der Waals surface area contributed by atoms with Crippen LogP contribution in [0.3, 0.4) is 0 Å². The summed E-state index contributed by atoms with van der Waals surface area (Å²) in [5, 5.41) is 7.17. The number of rotatable bonds is 6. The number of aromatic amines is 1. The molecule has 1 aliphatic heterocycles. The van der Waals surface area contributed by atoms with Crippen molar-refractivity contribution in [2.75, 3.05) is 26.8 Å². The first-order valence-electron chi connectivity index (χ1n) is 8.23. The minimum Gasteiger partial charge on any atom is -0.383 e. The molecule has 1 aromatic carbocycles. The third-order valence-electron chi connectivity index (χ3n) is 4.44. The molecule has 1 unspecified atom stereocenters. The highest BCUT2D eigenvalue weighted by atomic mass is 32.2. The second-order valence-corrected chi connectivity index (χ2v) is 8.37. The van der Waals surface area contributed by atoms with Crippen molar-refractivity contribution in [2.45, 2.75) is 30.2 Å². The van der Waals surface area contributed by atoms with E-state index in [1.807, 2.05) is 10.6 Å². The van der Waals surface area contributed by atoms with Gasteiger partial charge in [-0.05, 0) is 37.2 Å². The maximum atomic E-state index is 12.9. The maximum Gasteiger partial charge on any atom is 0.243 e. The molecule has 1 saturated heterocycles. The lowest BCUT2D eigenvalue weighted by Crippen LogP contribution is -2.39. The Morgan fingerprint density at radius 3 is 2.84 bits per heavy atom. The van der Waals surface area contributed by atoms with Crippen LogP contribution in [0.15, 0.2) is 35.2 Å². The molecule has 0 radical (unpaired) electrons. The number of nitrogens with one attached hydrogen (secondary N) is 1. The van der Waals surface area contributed by atoms with Crippen LogP contribution < -0.4 is 0 Å². The van der Waals surface area contributed by atoms with Crippen molar-refractivity contribution in [2.24, 2.45) is 0 Å². The number of methoxy groups -OCH3 is 1. The summed E-state index contributed by atoms with van der Waals surface area (Å²) < 4.78 is 34.9. The lowest BCUT2D eigenvalue weighted by atomic mass is 9.99. The lowest BCUT2D eigenvalue weighted by Gasteiger charge is -2.31. The van der Waals surface area contributed by atoms with Gasteiger partial charge < -0.3 is 9.30 Å². The number of piperidine rings is 1. The molecular formula is C16H22N4O3S2. The summed E-state index contributed by atoms with van der Waals surface area (Å²) in [6.07, 6.45) is 1.67. The molecule has 1 aromatic heterocycles. The van der Waals surface area contributed by atoms with Gasteiger partial charge in [0.15, 0.2) is 4.77 Å². The van der Waals surface area contributed by atoms with Crippen LogP contribution in [-0.2, 0) is 21.3 Å². The molecule has 0 aliphatic carbocycles. The smallest absolute Gasteiger partial charge is 0.243 e. The maximum absolute atomic E-state index is 12.9. The van der Waals surface area contributed by atoms with Crippen molar-refractivity contribution >= 4 is 22.2 Å². The highest BCUT2D eigenvalue weighted by Gasteiger charge is 2.32. The van der Waals surface area contributed by atoms with Gasteiger partial charge in [0, 0.05) is 32.7 Å². The number of hydrogen-bond acceptors (Lipinski definition) is 5. The Labute approximate surface area is 152 Å². The molecule has 0 amide bonds. The largest absolute Gasteiger partial charge is 0.383 e. The van der Waals surface area contributed by atoms with Crippen LogP contribution in [-0.4, -0.2) is 54.3 Å². The fourth-order valence-electron chi connectivity index (χ4n) is 3.15. The molecule has 0 saturated carbocycles. The molecule has 0 bridgehead atoms. The topological polar surface area (TPSA) is 80.2 Å². The second-order valence-electron chi connectivity index (χ2n) is 6.05. The van der Waals surface area contributed by atoms with Gasteiger partial charge in [-0.1, -0.05) is 18.2 Å². The zero-order chi connectivity index (χ0) is 17.9. The summed E-state index contributed by atoms with van der Waals surface area (Å²) in [7, 11) is -1.85. The summed E-state index contributed by atoms with van der Waals surface area (Å²) in [5.74, 6) is 0.812. The van der Waals surface area contributed by atoms with Gasteiger partial charge in [0.25, 0.3) is 0 Å². The zero-order valence-electron chi connectivity index (χ0n) is 14.1. The van der Waals surface area contributed by atoms with Crippen LogP contribution >= 0.6 is 12.2 Å². The molecule has 1 N–H and O–H groups in total. The van der Waals surface area contributed by atoms with Gasteiger partial charge in [0.1, 0.15) is 5.82 Å². The number of nitrogens with zero attached hydrogens (tertiary/aromatic N) is 3. The first kappa shape index (κ1) is 18.2. The van der Waals surface area contributed by atoms with E-state index in [1.54, 1.807) is 35.7 Å². The minimum atomic E-state index is -3.49. The lowest BCUT2D eigenvalue weighted by molar-refractivity contribution is 0.184. The molecule has 9 heteroatoms. The molecule has 3 rings (SSSR count). The molecule has 0 spiro atoms. The minimum absolute atomic E-state index is 0.0112. The average molecular weight is 383 g/mol. The Balaban J connectivity index is 1.84. The van der Waals surface area contributed by atoms with Crippen LogP contribution in [0.25, 0.3) is 0 Å². The van der Waals surface area contributed by atoms with E-state index in [0.29, 0.717) is 35.9 Å². The number of hydrogen-bond donors (Lipinski definition) is 1. The molecule has 25 heavy (non-hydrogen) atoms. The van der Waals surface area contributed by atoms with Gasteiger partial charge in [0.05, 0.1) is 11.5 Å². The summed E-state index contributed by atoms with van der Waals surface area (Å²) >= 11 is 5.29. The fraction of sp³-hybridized carbons (Fsp3) is 0.500. The van der Waals surface area contributed by atoms with Gasteiger partial charge >= 0.3 is 0 Å². The molecule has 1 fully saturated rings. The zero-order valence-corrected chi connectivity index (χ0v) is 15.7. The molecule has 1 atom stereocenters. The molecule has 1 aliphatic rings. The van der Waals surface area contributed by atoms with Gasteiger partial charge in [-0.2, -0.15) is 9.40 Å². The average Bonchev–Trinajstić information content (AvgIpc) is 3.01. The summed E-state index contributed by atoms with van der Waals surface area (Å²) in [5.41, 5.74) is 0. The number of aromatic nitrogens is 3. The van der Waals surface area contributed by atoms with E-state index in [0.717, 1.165) is 18.7 Å². The Hall–Kier alpha value is -1.55. The van der Waals surface area contributed by atoms with Crippen LogP contribution in [0.1, 0.15) is 24.6 Å². The third-order valence-corrected chi connectivity index (χ3v) is 6.63. The van der Waals surface area contributed by atoms with E-state index < -0.39 is 10.0 Å². The Kier molecular flexibility index (Phi) is 5.67. The Morgan fingerprint density at radius 2 is 2.12 bits per heavy atom. The summed E-state index contributed by atoms with van der Waals surface area (Å²) in [4.78, 5) is 0.328. The molecular weight excluding hydrogens is 360 g/mol. The number of H-pyrrole nitrogens is 1. The molecule has 7 nitrogen and oxygen atoms in total. The van der Waals surface area contributed by atoms with E-state index in [-0.39, 0.29) is 5.92 Å². The predicted molar refractivity (Wildman–Crippen MR) is 96.5 cm³/mol. The van der Waals surface area contributed by atoms with E-state index in [2.05, 4.69) is 10.2 Å². The highest BCUT2D eigenvalue weighted by molar-refractivity contribution is 7.89. The number of benzene rings is 1. The van der Waals surface area contributed by atoms with Crippen molar-refractivity contribution in [3.8, 4) is 0 Å². The van der Waals surface area contributed by atoms with Crippen LogP contribution in [0, 0.1) is 4.77 Å². The normalized spacial score (nSPS) is 19.2. The summed E-state index contributed by atoms with van der Waals surface area (Å²) in [6, 6.07) is 8.56. The van der Waals surface area contributed by atoms with Crippen molar-refractivity contribution in [1.29, 1.82) is 0 Å². The SMILES string of the molecule is COCCn1c(C2CCCN(S(=O)(=O)c3ccccc3)C2)n[nH]c1=S. The van der Waals surface area contributed by atoms with E-state index in [9.17, 15) is 8.42 Å². The van der Waals surface area contributed by atoms with Crippen molar-refractivity contribution in [3.63, 3.8) is 0 Å². The van der Waals surface area contributed by atoms with Gasteiger partial charge in [0.2, 0.25) is 10.0 Å². The van der Waals surface area contributed by atoms with E-state index in [1.165, 1.54) is 0 Å². The molecule has 136 valence electrons. The van der Waals surface area contributed by atoms with Crippen molar-refractivity contribution in [3.05, 3.63) is 40.9 Å². The quantitative estimate of drug-likeness (QED) is 0.775. The first-order chi connectivity index (χ1) is 12.0. The Bertz CT molecular complexity index is 861. The highest BCUT2D eigenvalue weighted by Crippen LogP contribution is 2.29. The standard InChI is InChI=1S/C16H22N4O3S2/c1-23-11-10-20-15(17-18-16(20)24)13-6-5-9-19(12-13)25(21,22)14-7-3-2-4-8-14/h2-4,7-8,13H,5-6,9-12H2,1H3,(H,18,24). The predicted octanol–water partition coefficient (Wildman–Crippen LogP) is 2.16. The van der Waals surface area contributed by atoms with Gasteiger partial charge in [-0.15, -0.1) is 0 Å². The third kappa shape index (κ3) is 3.84. The number of ether oxygens (including phenoxy) is 1. The monoisotopic (exact) mass is 382 g/mol. The van der Waals surface area contributed by atoms with Crippen LogP contribution in [0.2, 0.25) is 0 Å². The number of sulfonamides is 1. The fourth-order valence-corrected chi connectivity index (χ4v) is 4.93. The van der Waals surface area contributed by atoms with E-state index >= 15 is 0 Å².